The van der Waals surface area contributed by atoms with E-state index < -0.39 is 0 Å². The maximum atomic E-state index is 5.82. The second-order valence-corrected chi connectivity index (χ2v) is 5.11. The third kappa shape index (κ3) is 2.09. The Hall–Kier alpha value is -0.600. The zero-order valence-corrected chi connectivity index (χ0v) is 10.9. The fraction of sp³-hybridized carbons (Fsp3) is 0.615. The van der Waals surface area contributed by atoms with Crippen molar-refractivity contribution in [2.24, 2.45) is 0 Å². The molecule has 88 valence electrons. The molecule has 1 fully saturated rings. The lowest BCUT2D eigenvalue weighted by Gasteiger charge is -2.23. The van der Waals surface area contributed by atoms with E-state index in [2.05, 4.69) is 36.8 Å². The quantitative estimate of drug-likeness (QED) is 0.735. The number of pyridine rings is 1. The Kier molecular flexibility index (Phi) is 3.50. The van der Waals surface area contributed by atoms with Crippen molar-refractivity contribution in [1.29, 1.82) is 0 Å². The van der Waals surface area contributed by atoms with Crippen LogP contribution in [0.15, 0.2) is 18.3 Å². The standard InChI is InChI=1S/C13H19ClN2/c1-4-11-7-12(9(2)16(11)3)10-5-6-13(14)15-8-10/h5-6,8-9,11-12H,4,7H2,1-3H3/t9-,11+,12+/m1/s1. The van der Waals surface area contributed by atoms with Gasteiger partial charge in [-0.3, -0.25) is 0 Å². The molecule has 1 aliphatic rings. The Labute approximate surface area is 103 Å². The van der Waals surface area contributed by atoms with Crippen molar-refractivity contribution >= 4 is 11.6 Å². The predicted molar refractivity (Wildman–Crippen MR) is 67.9 cm³/mol. The van der Waals surface area contributed by atoms with E-state index in [-0.39, 0.29) is 0 Å². The molecule has 3 heteroatoms. The van der Waals surface area contributed by atoms with Crippen LogP contribution >= 0.6 is 11.6 Å². The normalized spacial score (nSPS) is 30.9. The molecule has 0 aliphatic carbocycles. The van der Waals surface area contributed by atoms with Gasteiger partial charge in [0.05, 0.1) is 0 Å². The van der Waals surface area contributed by atoms with Gasteiger partial charge in [-0.05, 0) is 38.4 Å². The minimum Gasteiger partial charge on any atom is -0.300 e. The van der Waals surface area contributed by atoms with Crippen molar-refractivity contribution in [2.75, 3.05) is 7.05 Å². The van der Waals surface area contributed by atoms with E-state index in [0.717, 1.165) is 0 Å². The number of nitrogens with zero attached hydrogens (tertiary/aromatic N) is 2. The molecule has 0 amide bonds. The van der Waals surface area contributed by atoms with Crippen LogP contribution in [0.1, 0.15) is 38.2 Å². The van der Waals surface area contributed by atoms with Crippen LogP contribution in [0.25, 0.3) is 0 Å². The van der Waals surface area contributed by atoms with Crippen LogP contribution in [-0.2, 0) is 0 Å². The lowest BCUT2D eigenvalue weighted by Crippen LogP contribution is -2.30. The SMILES string of the molecule is CC[C@H]1C[C@H](c2ccc(Cl)nc2)[C@@H](C)N1C. The average Bonchev–Trinajstić information content (AvgIpc) is 2.57. The molecule has 1 aromatic rings. The zero-order chi connectivity index (χ0) is 11.7. The molecule has 0 radical (unpaired) electrons. The Bertz CT molecular complexity index is 349. The number of aromatic nitrogens is 1. The molecule has 0 N–H and O–H groups in total. The van der Waals surface area contributed by atoms with Crippen LogP contribution < -0.4 is 0 Å². The summed E-state index contributed by atoms with van der Waals surface area (Å²) in [5, 5.41) is 0.579. The molecule has 0 spiro atoms. The lowest BCUT2D eigenvalue weighted by atomic mass is 9.92. The average molecular weight is 239 g/mol. The first-order chi connectivity index (χ1) is 7.63. The molecule has 1 saturated heterocycles. The number of hydrogen-bond acceptors (Lipinski definition) is 2. The summed E-state index contributed by atoms with van der Waals surface area (Å²) in [5.41, 5.74) is 1.32. The van der Waals surface area contributed by atoms with Crippen LogP contribution in [0.2, 0.25) is 5.15 Å². The third-order valence-electron chi connectivity index (χ3n) is 3.98. The van der Waals surface area contributed by atoms with Crippen molar-refractivity contribution in [1.82, 2.24) is 9.88 Å². The molecule has 2 rings (SSSR count). The zero-order valence-electron chi connectivity index (χ0n) is 10.2. The van der Waals surface area contributed by atoms with Gasteiger partial charge in [-0.1, -0.05) is 24.6 Å². The van der Waals surface area contributed by atoms with Gasteiger partial charge < -0.3 is 4.90 Å². The molecule has 0 bridgehead atoms. The second-order valence-electron chi connectivity index (χ2n) is 4.72. The molecule has 16 heavy (non-hydrogen) atoms. The summed E-state index contributed by atoms with van der Waals surface area (Å²) in [6, 6.07) is 5.30. The van der Waals surface area contributed by atoms with Gasteiger partial charge >= 0.3 is 0 Å². The second kappa shape index (κ2) is 4.72. The van der Waals surface area contributed by atoms with E-state index >= 15 is 0 Å². The number of rotatable bonds is 2. The molecular formula is C13H19ClN2. The van der Waals surface area contributed by atoms with Gasteiger partial charge in [0, 0.05) is 24.2 Å². The fourth-order valence-corrected chi connectivity index (χ4v) is 2.86. The molecule has 1 aliphatic heterocycles. The summed E-state index contributed by atoms with van der Waals surface area (Å²) in [7, 11) is 2.22. The van der Waals surface area contributed by atoms with Crippen LogP contribution in [0.3, 0.4) is 0 Å². The van der Waals surface area contributed by atoms with E-state index in [1.165, 1.54) is 18.4 Å². The smallest absolute Gasteiger partial charge is 0.129 e. The van der Waals surface area contributed by atoms with Crippen molar-refractivity contribution in [2.45, 2.75) is 44.7 Å². The van der Waals surface area contributed by atoms with Crippen molar-refractivity contribution in [3.63, 3.8) is 0 Å². The summed E-state index contributed by atoms with van der Waals surface area (Å²) in [6.07, 6.45) is 4.38. The van der Waals surface area contributed by atoms with Gasteiger partial charge in [0.25, 0.3) is 0 Å². The Morgan fingerprint density at radius 3 is 2.75 bits per heavy atom. The van der Waals surface area contributed by atoms with Gasteiger partial charge in [0.2, 0.25) is 0 Å². The fourth-order valence-electron chi connectivity index (χ4n) is 2.75. The molecule has 0 aromatic carbocycles. The summed E-state index contributed by atoms with van der Waals surface area (Å²) in [4.78, 5) is 6.67. The van der Waals surface area contributed by atoms with Gasteiger partial charge in [0.15, 0.2) is 0 Å². The van der Waals surface area contributed by atoms with Crippen LogP contribution in [0.4, 0.5) is 0 Å². The van der Waals surface area contributed by atoms with E-state index in [1.807, 2.05) is 12.3 Å². The number of likely N-dealkylation sites (N-methyl/N-ethyl adjacent to an activating group) is 1. The lowest BCUT2D eigenvalue weighted by molar-refractivity contribution is 0.244. The number of halogens is 1. The highest BCUT2D eigenvalue weighted by Gasteiger charge is 2.35. The van der Waals surface area contributed by atoms with Crippen LogP contribution in [0, 0.1) is 0 Å². The molecular weight excluding hydrogens is 220 g/mol. The monoisotopic (exact) mass is 238 g/mol. The van der Waals surface area contributed by atoms with Crippen LogP contribution in [0.5, 0.6) is 0 Å². The first-order valence-electron chi connectivity index (χ1n) is 5.96. The molecule has 1 aromatic heterocycles. The Morgan fingerprint density at radius 2 is 2.25 bits per heavy atom. The molecule has 2 heterocycles. The van der Waals surface area contributed by atoms with Gasteiger partial charge in [-0.25, -0.2) is 4.98 Å². The molecule has 3 atom stereocenters. The minimum atomic E-state index is 0.579. The first-order valence-corrected chi connectivity index (χ1v) is 6.34. The molecule has 0 saturated carbocycles. The number of likely N-dealkylation sites (tertiary alicyclic amines) is 1. The summed E-state index contributed by atoms with van der Waals surface area (Å²) in [6.45, 7) is 4.56. The topological polar surface area (TPSA) is 16.1 Å². The van der Waals surface area contributed by atoms with Crippen molar-refractivity contribution in [3.05, 3.63) is 29.0 Å². The summed E-state index contributed by atoms with van der Waals surface area (Å²) in [5.74, 6) is 0.597. The molecule has 0 unspecified atom stereocenters. The highest BCUT2D eigenvalue weighted by molar-refractivity contribution is 6.29. The van der Waals surface area contributed by atoms with E-state index in [1.54, 1.807) is 0 Å². The van der Waals surface area contributed by atoms with E-state index in [4.69, 9.17) is 11.6 Å². The minimum absolute atomic E-state index is 0.579. The van der Waals surface area contributed by atoms with Gasteiger partial charge in [0.1, 0.15) is 5.15 Å². The predicted octanol–water partition coefficient (Wildman–Crippen LogP) is 3.32. The van der Waals surface area contributed by atoms with Gasteiger partial charge in [-0.15, -0.1) is 0 Å². The maximum absolute atomic E-state index is 5.82. The van der Waals surface area contributed by atoms with Gasteiger partial charge in [-0.2, -0.15) is 0 Å². The van der Waals surface area contributed by atoms with E-state index in [0.29, 0.717) is 23.2 Å². The highest BCUT2D eigenvalue weighted by Crippen LogP contribution is 2.37. The van der Waals surface area contributed by atoms with Crippen molar-refractivity contribution in [3.8, 4) is 0 Å². The first kappa shape index (κ1) is 11.9. The Balaban J connectivity index is 2.19. The number of hydrogen-bond donors (Lipinski definition) is 0. The summed E-state index contributed by atoms with van der Waals surface area (Å²) < 4.78 is 0. The maximum Gasteiger partial charge on any atom is 0.129 e. The summed E-state index contributed by atoms with van der Waals surface area (Å²) >= 11 is 5.82. The van der Waals surface area contributed by atoms with Crippen molar-refractivity contribution < 1.29 is 0 Å². The highest BCUT2D eigenvalue weighted by atomic mass is 35.5. The van der Waals surface area contributed by atoms with Crippen LogP contribution in [-0.4, -0.2) is 29.0 Å². The van der Waals surface area contributed by atoms with E-state index in [9.17, 15) is 0 Å². The molecule has 2 nitrogen and oxygen atoms in total. The largest absolute Gasteiger partial charge is 0.300 e. The Morgan fingerprint density at radius 1 is 1.50 bits per heavy atom. The third-order valence-corrected chi connectivity index (χ3v) is 4.20.